The van der Waals surface area contributed by atoms with Crippen molar-refractivity contribution in [2.45, 2.75) is 162 Å². The van der Waals surface area contributed by atoms with Crippen LogP contribution in [0.5, 0.6) is 0 Å². The first kappa shape index (κ1) is 63.7. The van der Waals surface area contributed by atoms with Gasteiger partial charge in [0.2, 0.25) is 0 Å². The molecular formula is C83H100N4. The second kappa shape index (κ2) is 31.7. The van der Waals surface area contributed by atoms with Crippen LogP contribution in [0.25, 0.3) is 11.1 Å². The lowest BCUT2D eigenvalue weighted by Gasteiger charge is -2.24. The van der Waals surface area contributed by atoms with Crippen LogP contribution in [-0.2, 0) is 0 Å². The van der Waals surface area contributed by atoms with E-state index in [4.69, 9.17) is 0 Å². The molecule has 3 fully saturated rings. The summed E-state index contributed by atoms with van der Waals surface area (Å²) in [4.78, 5) is 9.05. The standard InChI is InChI=1S/C22H29N.C21H27N.C20H25N.C20H19N/c1-17(2)18-9-13-21(14-10-18)23(3)22-15-11-20(12-16-22)19-7-5-4-6-8-19;1-16-9-12-21(15-17(16)2)22(3)20-13-10-19(11-14-20)18-7-5-4-6-8-18;2*1-16-8-6-7-11-20(16)21(2)19-14-12-18(13-15-19)17-9-4-3-5-10-17/h9-17,19H,4-8H2,1-3H3;9-15,18H,4-8H2,1-3H3;6-8,11-15,17H,3-5,9-10H2,1-2H3;3-15H,1-2H3. The molecule has 0 aliphatic heterocycles. The third kappa shape index (κ3) is 17.5. The highest BCUT2D eigenvalue weighted by atomic mass is 15.1. The van der Waals surface area contributed by atoms with Crippen LogP contribution in [0.3, 0.4) is 0 Å². The molecule has 0 unspecified atom stereocenters. The van der Waals surface area contributed by atoms with E-state index in [9.17, 15) is 0 Å². The van der Waals surface area contributed by atoms with E-state index in [1.54, 1.807) is 0 Å². The first-order valence-electron chi connectivity index (χ1n) is 33.0. The van der Waals surface area contributed by atoms with Crippen LogP contribution in [0.4, 0.5) is 45.5 Å². The molecule has 0 N–H and O–H groups in total. The van der Waals surface area contributed by atoms with Crippen molar-refractivity contribution in [3.63, 3.8) is 0 Å². The number of para-hydroxylation sites is 2. The largest absolute Gasteiger partial charge is 0.345 e. The molecule has 3 aliphatic carbocycles. The Balaban J connectivity index is 0.000000138. The zero-order valence-electron chi connectivity index (χ0n) is 54.5. The highest BCUT2D eigenvalue weighted by molar-refractivity contribution is 5.71. The Hall–Kier alpha value is -7.82. The van der Waals surface area contributed by atoms with Gasteiger partial charge in [0, 0.05) is 73.7 Å². The van der Waals surface area contributed by atoms with Crippen LogP contribution in [0.1, 0.15) is 178 Å². The topological polar surface area (TPSA) is 13.0 Å². The molecule has 4 nitrogen and oxygen atoms in total. The monoisotopic (exact) mass is 1150 g/mol. The minimum absolute atomic E-state index is 0.587. The van der Waals surface area contributed by atoms with Crippen molar-refractivity contribution < 1.29 is 0 Å². The van der Waals surface area contributed by atoms with Crippen LogP contribution in [0.2, 0.25) is 0 Å². The lowest BCUT2D eigenvalue weighted by molar-refractivity contribution is 0.443. The van der Waals surface area contributed by atoms with Gasteiger partial charge in [0.1, 0.15) is 0 Å². The van der Waals surface area contributed by atoms with Crippen LogP contribution < -0.4 is 19.6 Å². The Morgan fingerprint density at radius 3 is 0.954 bits per heavy atom. The van der Waals surface area contributed by atoms with Gasteiger partial charge >= 0.3 is 0 Å². The number of rotatable bonds is 13. The molecule has 0 amide bonds. The van der Waals surface area contributed by atoms with Crippen LogP contribution in [0.15, 0.2) is 218 Å². The molecule has 87 heavy (non-hydrogen) atoms. The van der Waals surface area contributed by atoms with Gasteiger partial charge in [0.25, 0.3) is 0 Å². The van der Waals surface area contributed by atoms with Gasteiger partial charge in [0.05, 0.1) is 0 Å². The normalized spacial score (nSPS) is 14.5. The molecule has 0 radical (unpaired) electrons. The molecule has 3 saturated carbocycles. The minimum atomic E-state index is 0.587. The highest BCUT2D eigenvalue weighted by Crippen LogP contribution is 2.38. The van der Waals surface area contributed by atoms with E-state index in [0.29, 0.717) is 5.92 Å². The molecule has 9 aromatic rings. The molecular weight excluding hydrogens is 1050 g/mol. The molecule has 0 atom stereocenters. The molecule has 0 spiro atoms. The summed E-state index contributed by atoms with van der Waals surface area (Å²) in [6.07, 6.45) is 20.9. The van der Waals surface area contributed by atoms with E-state index >= 15 is 0 Å². The van der Waals surface area contributed by atoms with Gasteiger partial charge in [-0.25, -0.2) is 0 Å². The fourth-order valence-corrected chi connectivity index (χ4v) is 13.2. The molecule has 3 aliphatic rings. The maximum Gasteiger partial charge on any atom is 0.0437 e. The van der Waals surface area contributed by atoms with E-state index in [1.165, 1.54) is 197 Å². The Kier molecular flexibility index (Phi) is 23.2. The summed E-state index contributed by atoms with van der Waals surface area (Å²) in [5, 5.41) is 0. The smallest absolute Gasteiger partial charge is 0.0437 e. The fourth-order valence-electron chi connectivity index (χ4n) is 13.2. The Morgan fingerprint density at radius 1 is 0.276 bits per heavy atom. The third-order valence-corrected chi connectivity index (χ3v) is 19.2. The maximum atomic E-state index is 2.34. The molecule has 0 saturated heterocycles. The summed E-state index contributed by atoms with van der Waals surface area (Å²) in [6, 6.07) is 79.5. The fraction of sp³-hybridized carbons (Fsp3) is 0.349. The van der Waals surface area contributed by atoms with Crippen molar-refractivity contribution in [3.05, 3.63) is 263 Å². The summed E-state index contributed by atoms with van der Waals surface area (Å²) in [7, 11) is 8.57. The van der Waals surface area contributed by atoms with E-state index in [-0.39, 0.29) is 0 Å². The third-order valence-electron chi connectivity index (χ3n) is 19.2. The van der Waals surface area contributed by atoms with Crippen LogP contribution in [-0.4, -0.2) is 28.2 Å². The summed E-state index contributed by atoms with van der Waals surface area (Å²) in [5.41, 5.74) is 23.8. The van der Waals surface area contributed by atoms with Gasteiger partial charge in [-0.05, 0) is 230 Å². The van der Waals surface area contributed by atoms with Crippen LogP contribution in [0, 0.1) is 27.7 Å². The Morgan fingerprint density at radius 2 is 0.586 bits per heavy atom. The lowest BCUT2D eigenvalue weighted by atomic mass is 9.84. The number of aryl methyl sites for hydroxylation is 4. The number of nitrogens with zero attached hydrogens (tertiary/aromatic N) is 4. The van der Waals surface area contributed by atoms with Crippen molar-refractivity contribution in [1.29, 1.82) is 0 Å². The van der Waals surface area contributed by atoms with Gasteiger partial charge in [-0.15, -0.1) is 0 Å². The van der Waals surface area contributed by atoms with Gasteiger partial charge in [0.15, 0.2) is 0 Å². The highest BCUT2D eigenvalue weighted by Gasteiger charge is 2.19. The second-order valence-corrected chi connectivity index (χ2v) is 25.5. The van der Waals surface area contributed by atoms with E-state index < -0.39 is 0 Å². The molecule has 12 rings (SSSR count). The van der Waals surface area contributed by atoms with Crippen molar-refractivity contribution in [2.75, 3.05) is 47.8 Å². The van der Waals surface area contributed by atoms with Gasteiger partial charge in [-0.3, -0.25) is 0 Å². The average molecular weight is 1150 g/mol. The average Bonchev–Trinajstić information content (AvgIpc) is 3.57. The first-order valence-corrected chi connectivity index (χ1v) is 33.0. The Labute approximate surface area is 526 Å². The van der Waals surface area contributed by atoms with Crippen molar-refractivity contribution in [1.82, 2.24) is 0 Å². The summed E-state index contributed by atoms with van der Waals surface area (Å²) >= 11 is 0. The summed E-state index contributed by atoms with van der Waals surface area (Å²) < 4.78 is 0. The van der Waals surface area contributed by atoms with Crippen molar-refractivity contribution >= 4 is 45.5 Å². The number of hydrogen-bond acceptors (Lipinski definition) is 4. The molecule has 4 heteroatoms. The SMILES string of the molecule is CC(C)c1ccc(N(C)c2ccc(C3CCCCC3)cc2)cc1.Cc1ccc(N(C)c2ccc(C3CCCCC3)cc2)cc1C.Cc1ccccc1N(C)c1ccc(-c2ccccc2)cc1.Cc1ccccc1N(C)c1ccc(C2CCCCC2)cc1. The molecule has 452 valence electrons. The van der Waals surface area contributed by atoms with Crippen molar-refractivity contribution in [2.24, 2.45) is 0 Å². The second-order valence-electron chi connectivity index (χ2n) is 25.5. The maximum absolute atomic E-state index is 2.34. The van der Waals surface area contributed by atoms with E-state index in [0.717, 1.165) is 17.8 Å². The molecule has 0 bridgehead atoms. The minimum Gasteiger partial charge on any atom is -0.345 e. The van der Waals surface area contributed by atoms with E-state index in [2.05, 4.69) is 302 Å². The quantitative estimate of drug-likeness (QED) is 0.114. The van der Waals surface area contributed by atoms with Crippen LogP contribution >= 0.6 is 0 Å². The number of hydrogen-bond donors (Lipinski definition) is 0. The van der Waals surface area contributed by atoms with Gasteiger partial charge in [-0.2, -0.15) is 0 Å². The first-order chi connectivity index (χ1) is 42.3. The predicted octanol–water partition coefficient (Wildman–Crippen LogP) is 24.0. The molecule has 0 heterocycles. The number of benzene rings is 9. The zero-order chi connectivity index (χ0) is 61.1. The molecule has 9 aromatic carbocycles. The molecule has 0 aromatic heterocycles. The van der Waals surface area contributed by atoms with Crippen molar-refractivity contribution in [3.8, 4) is 11.1 Å². The summed E-state index contributed by atoms with van der Waals surface area (Å²) in [5.74, 6) is 2.95. The zero-order valence-corrected chi connectivity index (χ0v) is 54.5. The lowest BCUT2D eigenvalue weighted by Crippen LogP contribution is -2.11. The van der Waals surface area contributed by atoms with E-state index in [1.807, 2.05) is 6.07 Å². The van der Waals surface area contributed by atoms with Gasteiger partial charge < -0.3 is 19.6 Å². The number of anilines is 8. The predicted molar refractivity (Wildman–Crippen MR) is 380 cm³/mol. The van der Waals surface area contributed by atoms with Gasteiger partial charge in [-0.1, -0.05) is 205 Å². The summed E-state index contributed by atoms with van der Waals surface area (Å²) in [6.45, 7) is 13.1. The Bertz CT molecular complexity index is 3460.